The fraction of sp³-hybridized carbons (Fsp3) is 0.538. The van der Waals surface area contributed by atoms with Crippen molar-refractivity contribution >= 4 is 17.3 Å². The fourth-order valence-corrected chi connectivity index (χ4v) is 2.66. The summed E-state index contributed by atoms with van der Waals surface area (Å²) in [6, 6.07) is 4.87. The average molecular weight is 272 g/mol. The number of piperidine rings is 1. The van der Waals surface area contributed by atoms with Gasteiger partial charge in [-0.3, -0.25) is 0 Å². The zero-order chi connectivity index (χ0) is 13.1. The Labute approximate surface area is 112 Å². The molecule has 1 unspecified atom stereocenters. The first-order chi connectivity index (χ1) is 8.61. The molecule has 4 N–H and O–H groups in total. The van der Waals surface area contributed by atoms with Gasteiger partial charge in [-0.15, -0.1) is 0 Å². The van der Waals surface area contributed by atoms with E-state index in [1.54, 1.807) is 12.1 Å². The van der Waals surface area contributed by atoms with Gasteiger partial charge in [-0.2, -0.15) is 0 Å². The van der Waals surface area contributed by atoms with E-state index in [1.807, 2.05) is 4.90 Å². The molecule has 5 heteroatoms. The van der Waals surface area contributed by atoms with E-state index in [1.165, 1.54) is 6.07 Å². The van der Waals surface area contributed by atoms with E-state index in [2.05, 4.69) is 0 Å². The van der Waals surface area contributed by atoms with Gasteiger partial charge < -0.3 is 16.4 Å². The summed E-state index contributed by atoms with van der Waals surface area (Å²) in [5.41, 5.74) is 12.1. The van der Waals surface area contributed by atoms with Crippen LogP contribution in [0.1, 0.15) is 12.8 Å². The molecule has 1 heterocycles. The molecule has 18 heavy (non-hydrogen) atoms. The van der Waals surface area contributed by atoms with E-state index in [9.17, 15) is 4.39 Å². The molecule has 3 nitrogen and oxygen atoms in total. The third-order valence-electron chi connectivity index (χ3n) is 3.67. The Morgan fingerprint density at radius 3 is 2.61 bits per heavy atom. The Kier molecular flexibility index (Phi) is 4.43. The van der Waals surface area contributed by atoms with Crippen LogP contribution in [-0.4, -0.2) is 25.7 Å². The Morgan fingerprint density at radius 2 is 2.06 bits per heavy atom. The van der Waals surface area contributed by atoms with Crippen LogP contribution in [0.25, 0.3) is 0 Å². The maximum atomic E-state index is 13.8. The third kappa shape index (κ3) is 2.94. The molecule has 1 aliphatic rings. The average Bonchev–Trinajstić information content (AvgIpc) is 2.38. The van der Waals surface area contributed by atoms with E-state index < -0.39 is 0 Å². The van der Waals surface area contributed by atoms with Gasteiger partial charge in [0.05, 0.1) is 5.69 Å². The first kappa shape index (κ1) is 13.6. The number of hydrogen-bond acceptors (Lipinski definition) is 3. The second-order valence-electron chi connectivity index (χ2n) is 4.82. The Balaban J connectivity index is 2.01. The fourth-order valence-electron chi connectivity index (χ4n) is 2.50. The van der Waals surface area contributed by atoms with Crippen LogP contribution in [-0.2, 0) is 0 Å². The summed E-state index contributed by atoms with van der Waals surface area (Å²) < 4.78 is 13.8. The van der Waals surface area contributed by atoms with Crippen molar-refractivity contribution in [2.45, 2.75) is 18.9 Å². The van der Waals surface area contributed by atoms with E-state index >= 15 is 0 Å². The first-order valence-corrected chi connectivity index (χ1v) is 6.65. The van der Waals surface area contributed by atoms with Crippen LogP contribution in [0.4, 0.5) is 10.1 Å². The minimum atomic E-state index is -0.260. The lowest BCUT2D eigenvalue weighted by Gasteiger charge is -2.35. The van der Waals surface area contributed by atoms with Gasteiger partial charge in [0.2, 0.25) is 0 Å². The Morgan fingerprint density at radius 1 is 1.39 bits per heavy atom. The number of anilines is 1. The summed E-state index contributed by atoms with van der Waals surface area (Å²) in [5, 5.41) is 0.427. The van der Waals surface area contributed by atoms with Crippen molar-refractivity contribution in [2.75, 3.05) is 24.5 Å². The summed E-state index contributed by atoms with van der Waals surface area (Å²) in [4.78, 5) is 2.05. The molecule has 1 aromatic carbocycles. The van der Waals surface area contributed by atoms with E-state index in [0.717, 1.165) is 25.9 Å². The minimum Gasteiger partial charge on any atom is -0.369 e. The van der Waals surface area contributed by atoms with Crippen molar-refractivity contribution in [3.63, 3.8) is 0 Å². The van der Waals surface area contributed by atoms with E-state index in [4.69, 9.17) is 23.1 Å². The number of nitrogens with zero attached hydrogens (tertiary/aromatic N) is 1. The lowest BCUT2D eigenvalue weighted by atomic mass is 9.89. The molecule has 1 atom stereocenters. The molecule has 0 aliphatic carbocycles. The highest BCUT2D eigenvalue weighted by Gasteiger charge is 2.24. The maximum absolute atomic E-state index is 13.8. The van der Waals surface area contributed by atoms with Crippen LogP contribution in [0, 0.1) is 11.7 Å². The monoisotopic (exact) mass is 271 g/mol. The number of nitrogens with two attached hydrogens (primary N) is 2. The summed E-state index contributed by atoms with van der Waals surface area (Å²) >= 11 is 5.75. The van der Waals surface area contributed by atoms with Crippen LogP contribution in [0.3, 0.4) is 0 Å². The molecule has 0 bridgehead atoms. The standard InChI is InChI=1S/C13H19ClFN3/c14-10-1-2-13(11(15)7-10)18-5-3-9(4-6-18)12(17)8-16/h1-2,7,9,12H,3-6,8,16-17H2. The number of hydrogen-bond donors (Lipinski definition) is 2. The summed E-state index contributed by atoms with van der Waals surface area (Å²) in [5.74, 6) is 0.186. The first-order valence-electron chi connectivity index (χ1n) is 6.27. The number of rotatable bonds is 3. The summed E-state index contributed by atoms with van der Waals surface area (Å²) in [6.07, 6.45) is 1.92. The van der Waals surface area contributed by atoms with Gasteiger partial charge in [-0.05, 0) is 37.0 Å². The Hall–Kier alpha value is -0.840. The van der Waals surface area contributed by atoms with Gasteiger partial charge in [-0.1, -0.05) is 11.6 Å². The van der Waals surface area contributed by atoms with Crippen LogP contribution in [0.2, 0.25) is 5.02 Å². The molecule has 1 saturated heterocycles. The smallest absolute Gasteiger partial charge is 0.147 e. The van der Waals surface area contributed by atoms with Crippen molar-refractivity contribution < 1.29 is 4.39 Å². The number of benzene rings is 1. The molecule has 0 amide bonds. The van der Waals surface area contributed by atoms with Crippen molar-refractivity contribution in [1.29, 1.82) is 0 Å². The van der Waals surface area contributed by atoms with E-state index in [0.29, 0.717) is 23.2 Å². The molecule has 0 spiro atoms. The molecule has 0 radical (unpaired) electrons. The van der Waals surface area contributed by atoms with Crippen LogP contribution >= 0.6 is 11.6 Å². The highest BCUT2D eigenvalue weighted by molar-refractivity contribution is 6.30. The Bertz CT molecular complexity index is 405. The molecule has 0 saturated carbocycles. The maximum Gasteiger partial charge on any atom is 0.147 e. The zero-order valence-corrected chi connectivity index (χ0v) is 11.0. The van der Waals surface area contributed by atoms with Gasteiger partial charge >= 0.3 is 0 Å². The lowest BCUT2D eigenvalue weighted by Crippen LogP contribution is -2.44. The topological polar surface area (TPSA) is 55.3 Å². The summed E-state index contributed by atoms with van der Waals surface area (Å²) in [6.45, 7) is 2.15. The molecule has 1 fully saturated rings. The van der Waals surface area contributed by atoms with Crippen molar-refractivity contribution in [3.05, 3.63) is 29.0 Å². The van der Waals surface area contributed by atoms with Gasteiger partial charge in [0, 0.05) is 30.7 Å². The van der Waals surface area contributed by atoms with Gasteiger partial charge in [0.1, 0.15) is 5.82 Å². The second-order valence-corrected chi connectivity index (χ2v) is 5.26. The molecule has 2 rings (SSSR count). The van der Waals surface area contributed by atoms with Gasteiger partial charge in [0.15, 0.2) is 0 Å². The van der Waals surface area contributed by atoms with Crippen molar-refractivity contribution in [3.8, 4) is 0 Å². The third-order valence-corrected chi connectivity index (χ3v) is 3.90. The van der Waals surface area contributed by atoms with E-state index in [-0.39, 0.29) is 11.9 Å². The van der Waals surface area contributed by atoms with Crippen molar-refractivity contribution in [1.82, 2.24) is 0 Å². The highest BCUT2D eigenvalue weighted by Crippen LogP contribution is 2.28. The van der Waals surface area contributed by atoms with Crippen LogP contribution in [0.15, 0.2) is 18.2 Å². The predicted octanol–water partition coefficient (Wildman–Crippen LogP) is 1.98. The lowest BCUT2D eigenvalue weighted by molar-refractivity contribution is 0.342. The van der Waals surface area contributed by atoms with Crippen LogP contribution < -0.4 is 16.4 Å². The molecule has 1 aromatic rings. The minimum absolute atomic E-state index is 0.0576. The second kappa shape index (κ2) is 5.87. The highest BCUT2D eigenvalue weighted by atomic mass is 35.5. The quantitative estimate of drug-likeness (QED) is 0.884. The molecule has 100 valence electrons. The molecular formula is C13H19ClFN3. The summed E-state index contributed by atoms with van der Waals surface area (Å²) in [7, 11) is 0. The van der Waals surface area contributed by atoms with Gasteiger partial charge in [0.25, 0.3) is 0 Å². The molecular weight excluding hydrogens is 253 g/mol. The SMILES string of the molecule is NCC(N)C1CCN(c2ccc(Cl)cc2F)CC1. The number of halogens is 2. The predicted molar refractivity (Wildman–Crippen MR) is 73.4 cm³/mol. The van der Waals surface area contributed by atoms with Crippen LogP contribution in [0.5, 0.6) is 0 Å². The van der Waals surface area contributed by atoms with Crippen molar-refractivity contribution in [2.24, 2.45) is 17.4 Å². The normalized spacial score (nSPS) is 19.0. The molecule has 1 aliphatic heterocycles. The molecule has 0 aromatic heterocycles. The van der Waals surface area contributed by atoms with Gasteiger partial charge in [-0.25, -0.2) is 4.39 Å². The largest absolute Gasteiger partial charge is 0.369 e. The zero-order valence-electron chi connectivity index (χ0n) is 10.3.